The number of aryl methyl sites for hydroxylation is 1. The van der Waals surface area contributed by atoms with Crippen LogP contribution in [0.15, 0.2) is 79.0 Å². The summed E-state index contributed by atoms with van der Waals surface area (Å²) < 4.78 is 8.13. The molecule has 32 heavy (non-hydrogen) atoms. The highest BCUT2D eigenvalue weighted by Gasteiger charge is 2.21. The lowest BCUT2D eigenvalue weighted by Crippen LogP contribution is -2.35. The molecule has 0 saturated heterocycles. The molecular weight excluding hydrogens is 410 g/mol. The summed E-state index contributed by atoms with van der Waals surface area (Å²) in [6, 6.07) is 21.7. The first kappa shape index (κ1) is 20.7. The van der Waals surface area contributed by atoms with E-state index in [0.29, 0.717) is 17.2 Å². The fourth-order valence-electron chi connectivity index (χ4n) is 3.04. The second-order valence-corrected chi connectivity index (χ2v) is 6.83. The van der Waals surface area contributed by atoms with Gasteiger partial charge in [-0.15, -0.1) is 5.10 Å². The van der Waals surface area contributed by atoms with Gasteiger partial charge in [0.15, 0.2) is 12.4 Å². The molecule has 0 fully saturated rings. The summed E-state index contributed by atoms with van der Waals surface area (Å²) in [5.74, 6) is -1.97. The molecule has 0 spiro atoms. The fraction of sp³-hybridized carbons (Fsp3) is 0.0870. The van der Waals surface area contributed by atoms with Gasteiger partial charge >= 0.3 is 5.97 Å². The van der Waals surface area contributed by atoms with Gasteiger partial charge in [-0.1, -0.05) is 48.5 Å². The van der Waals surface area contributed by atoms with Gasteiger partial charge < -0.3 is 9.30 Å². The summed E-state index contributed by atoms with van der Waals surface area (Å²) in [5.41, 5.74) is 1.78. The van der Waals surface area contributed by atoms with Crippen molar-refractivity contribution in [2.24, 2.45) is 7.05 Å². The monoisotopic (exact) mass is 429 g/mol. The van der Waals surface area contributed by atoms with Crippen LogP contribution in [0, 0.1) is 0 Å². The van der Waals surface area contributed by atoms with E-state index < -0.39 is 24.4 Å². The third kappa shape index (κ3) is 4.46. The normalized spacial score (nSPS) is 10.5. The van der Waals surface area contributed by atoms with Crippen molar-refractivity contribution in [2.45, 2.75) is 0 Å². The highest BCUT2D eigenvalue weighted by molar-refractivity contribution is 6.04. The van der Waals surface area contributed by atoms with E-state index in [1.807, 2.05) is 60.7 Å². The smallest absolute Gasteiger partial charge is 0.378 e. The van der Waals surface area contributed by atoms with Crippen LogP contribution in [-0.2, 0) is 16.6 Å². The second-order valence-electron chi connectivity index (χ2n) is 6.83. The van der Waals surface area contributed by atoms with Crippen LogP contribution in [0.25, 0.3) is 17.1 Å². The lowest BCUT2D eigenvalue weighted by Gasteiger charge is -2.05. The number of carbonyl (C=O) groups is 3. The van der Waals surface area contributed by atoms with E-state index in [4.69, 9.17) is 4.74 Å². The Morgan fingerprint density at radius 2 is 1.62 bits per heavy atom. The van der Waals surface area contributed by atoms with Crippen LogP contribution in [0.1, 0.15) is 21.1 Å². The highest BCUT2D eigenvalue weighted by Crippen LogP contribution is 2.21. The Bertz CT molecular complexity index is 1210. The van der Waals surface area contributed by atoms with Crippen LogP contribution >= 0.6 is 0 Å². The highest BCUT2D eigenvalue weighted by atomic mass is 16.5. The number of hydrogen-bond acceptors (Lipinski definition) is 6. The first-order valence-electron chi connectivity index (χ1n) is 9.73. The third-order valence-corrected chi connectivity index (χ3v) is 4.59. The van der Waals surface area contributed by atoms with Crippen LogP contribution in [-0.4, -0.2) is 43.7 Å². The molecule has 2 amide bonds. The summed E-state index contributed by atoms with van der Waals surface area (Å²) in [6.07, 6.45) is 1.68. The van der Waals surface area contributed by atoms with Crippen LogP contribution in [0.5, 0.6) is 0 Å². The number of benzene rings is 2. The number of nitrogens with zero attached hydrogens (tertiary/aromatic N) is 4. The minimum absolute atomic E-state index is 0.200. The Balaban J connectivity index is 1.49. The van der Waals surface area contributed by atoms with Crippen molar-refractivity contribution in [3.8, 4) is 17.1 Å². The number of imide groups is 1. The van der Waals surface area contributed by atoms with Crippen molar-refractivity contribution in [2.75, 3.05) is 6.61 Å². The van der Waals surface area contributed by atoms with Crippen molar-refractivity contribution in [3.05, 3.63) is 90.5 Å². The minimum atomic E-state index is -0.877. The second kappa shape index (κ2) is 9.09. The summed E-state index contributed by atoms with van der Waals surface area (Å²) in [4.78, 5) is 41.0. The Morgan fingerprint density at radius 1 is 0.938 bits per heavy atom. The summed E-state index contributed by atoms with van der Waals surface area (Å²) >= 11 is 0. The minimum Gasteiger partial charge on any atom is -0.450 e. The third-order valence-electron chi connectivity index (χ3n) is 4.59. The average molecular weight is 429 g/mol. The Hall–Kier alpha value is -4.53. The van der Waals surface area contributed by atoms with Gasteiger partial charge in [0.05, 0.1) is 5.69 Å². The van der Waals surface area contributed by atoms with Crippen molar-refractivity contribution in [1.29, 1.82) is 0 Å². The zero-order valence-corrected chi connectivity index (χ0v) is 17.1. The number of esters is 1. The molecule has 9 heteroatoms. The molecule has 2 aromatic carbocycles. The molecule has 0 aliphatic rings. The maximum Gasteiger partial charge on any atom is 0.378 e. The molecule has 160 valence electrons. The Morgan fingerprint density at radius 3 is 2.28 bits per heavy atom. The number of aromatic nitrogens is 4. The summed E-state index contributed by atoms with van der Waals surface area (Å²) in [5, 5.41) is 6.45. The molecular formula is C23H19N5O4. The van der Waals surface area contributed by atoms with Gasteiger partial charge in [0, 0.05) is 18.8 Å². The zero-order valence-electron chi connectivity index (χ0n) is 17.1. The topological polar surface area (TPSA) is 108 Å². The molecule has 0 unspecified atom stereocenters. The Labute approximate surface area is 183 Å². The standard InChI is InChI=1S/C23H19N5O4/c1-27-14-8-13-18(27)22(30)24-19(29)15-32-23(31)20-25-21(16-9-4-2-5-10-16)28(26-20)17-11-6-3-7-12-17/h2-14H,15H2,1H3,(H,24,29,30). The quantitative estimate of drug-likeness (QED) is 0.472. The summed E-state index contributed by atoms with van der Waals surface area (Å²) in [7, 11) is 1.68. The molecule has 2 heterocycles. The van der Waals surface area contributed by atoms with Crippen molar-refractivity contribution < 1.29 is 19.1 Å². The van der Waals surface area contributed by atoms with Gasteiger partial charge in [-0.2, -0.15) is 0 Å². The number of para-hydroxylation sites is 1. The molecule has 1 N–H and O–H groups in total. The number of nitrogens with one attached hydrogen (secondary N) is 1. The SMILES string of the molecule is Cn1cccc1C(=O)NC(=O)COC(=O)c1nc(-c2ccccc2)n(-c2ccccc2)n1. The fourth-order valence-corrected chi connectivity index (χ4v) is 3.04. The van der Waals surface area contributed by atoms with E-state index in [2.05, 4.69) is 15.4 Å². The van der Waals surface area contributed by atoms with E-state index in [-0.39, 0.29) is 5.82 Å². The molecule has 0 saturated carbocycles. The van der Waals surface area contributed by atoms with Gasteiger partial charge in [0.1, 0.15) is 5.69 Å². The van der Waals surface area contributed by atoms with Gasteiger partial charge in [0.2, 0.25) is 0 Å². The van der Waals surface area contributed by atoms with E-state index in [1.54, 1.807) is 29.9 Å². The van der Waals surface area contributed by atoms with E-state index in [1.165, 1.54) is 4.68 Å². The van der Waals surface area contributed by atoms with Crippen LogP contribution in [0.4, 0.5) is 0 Å². The van der Waals surface area contributed by atoms with E-state index in [0.717, 1.165) is 5.56 Å². The zero-order chi connectivity index (χ0) is 22.5. The maximum absolute atomic E-state index is 12.5. The van der Waals surface area contributed by atoms with Gasteiger partial charge in [0.25, 0.3) is 17.6 Å². The average Bonchev–Trinajstić information content (AvgIpc) is 3.45. The first-order valence-corrected chi connectivity index (χ1v) is 9.73. The molecule has 9 nitrogen and oxygen atoms in total. The lowest BCUT2D eigenvalue weighted by atomic mass is 10.2. The van der Waals surface area contributed by atoms with Crippen LogP contribution in [0.3, 0.4) is 0 Å². The predicted octanol–water partition coefficient (Wildman–Crippen LogP) is 2.39. The van der Waals surface area contributed by atoms with Gasteiger partial charge in [-0.25, -0.2) is 14.5 Å². The molecule has 2 aromatic heterocycles. The molecule has 0 aliphatic carbocycles. The molecule has 4 rings (SSSR count). The molecule has 0 bridgehead atoms. The molecule has 0 atom stereocenters. The Kier molecular flexibility index (Phi) is 5.89. The molecule has 0 aliphatic heterocycles. The molecule has 4 aromatic rings. The lowest BCUT2D eigenvalue weighted by molar-refractivity contribution is -0.123. The van der Waals surface area contributed by atoms with Crippen molar-refractivity contribution >= 4 is 17.8 Å². The van der Waals surface area contributed by atoms with Crippen LogP contribution in [0.2, 0.25) is 0 Å². The number of carbonyl (C=O) groups excluding carboxylic acids is 3. The number of rotatable bonds is 6. The van der Waals surface area contributed by atoms with Crippen molar-refractivity contribution in [3.63, 3.8) is 0 Å². The maximum atomic E-state index is 12.5. The van der Waals surface area contributed by atoms with Gasteiger partial charge in [-0.3, -0.25) is 14.9 Å². The van der Waals surface area contributed by atoms with E-state index in [9.17, 15) is 14.4 Å². The number of ether oxygens (including phenoxy) is 1. The summed E-state index contributed by atoms with van der Waals surface area (Å²) in [6.45, 7) is -0.643. The number of hydrogen-bond donors (Lipinski definition) is 1. The largest absolute Gasteiger partial charge is 0.450 e. The van der Waals surface area contributed by atoms with Crippen molar-refractivity contribution in [1.82, 2.24) is 24.6 Å². The molecule has 0 radical (unpaired) electrons. The van der Waals surface area contributed by atoms with Gasteiger partial charge in [-0.05, 0) is 24.3 Å². The predicted molar refractivity (Wildman–Crippen MR) is 115 cm³/mol. The van der Waals surface area contributed by atoms with E-state index >= 15 is 0 Å². The first-order chi connectivity index (χ1) is 15.5. The number of amides is 2. The van der Waals surface area contributed by atoms with Crippen LogP contribution < -0.4 is 5.32 Å².